The number of nitrogens with two attached hydrogens (primary N) is 1. The van der Waals surface area contributed by atoms with Gasteiger partial charge in [-0.15, -0.1) is 0 Å². The molecule has 0 bridgehead atoms. The molecular formula is C13H21NO2. The molecule has 0 fully saturated rings. The molecular weight excluding hydrogens is 202 g/mol. The Balaban J connectivity index is 2.70. The Labute approximate surface area is 97.2 Å². The second-order valence-electron chi connectivity index (χ2n) is 4.00. The van der Waals surface area contributed by atoms with Gasteiger partial charge in [0.25, 0.3) is 0 Å². The van der Waals surface area contributed by atoms with Crippen LogP contribution in [0.2, 0.25) is 0 Å². The number of aliphatic hydroxyl groups excluding tert-OH is 1. The van der Waals surface area contributed by atoms with Crippen molar-refractivity contribution in [2.75, 3.05) is 13.7 Å². The first kappa shape index (κ1) is 13.0. The summed E-state index contributed by atoms with van der Waals surface area (Å²) in [5.41, 5.74) is 6.66. The van der Waals surface area contributed by atoms with Crippen LogP contribution in [0.15, 0.2) is 24.3 Å². The molecule has 1 aromatic carbocycles. The predicted molar refractivity (Wildman–Crippen MR) is 65.7 cm³/mol. The van der Waals surface area contributed by atoms with Gasteiger partial charge in [0, 0.05) is 6.54 Å². The van der Waals surface area contributed by atoms with Gasteiger partial charge in [-0.05, 0) is 36.5 Å². The molecule has 16 heavy (non-hydrogen) atoms. The molecule has 3 N–H and O–H groups in total. The Bertz CT molecular complexity index is 297. The van der Waals surface area contributed by atoms with E-state index in [4.69, 9.17) is 10.5 Å². The van der Waals surface area contributed by atoms with Crippen molar-refractivity contribution in [3.05, 3.63) is 29.8 Å². The van der Waals surface area contributed by atoms with E-state index in [1.165, 1.54) is 5.56 Å². The predicted octanol–water partition coefficient (Wildman–Crippen LogP) is 1.90. The van der Waals surface area contributed by atoms with Crippen molar-refractivity contribution in [3.63, 3.8) is 0 Å². The van der Waals surface area contributed by atoms with Gasteiger partial charge in [0.2, 0.25) is 0 Å². The maximum Gasteiger partial charge on any atom is 0.118 e. The largest absolute Gasteiger partial charge is 0.497 e. The van der Waals surface area contributed by atoms with Crippen molar-refractivity contribution in [2.24, 2.45) is 5.73 Å². The van der Waals surface area contributed by atoms with E-state index in [0.717, 1.165) is 18.6 Å². The summed E-state index contributed by atoms with van der Waals surface area (Å²) in [4.78, 5) is 0. The number of hydrogen-bond acceptors (Lipinski definition) is 3. The average molecular weight is 223 g/mol. The molecule has 90 valence electrons. The fourth-order valence-corrected chi connectivity index (χ4v) is 1.84. The van der Waals surface area contributed by atoms with Crippen LogP contribution < -0.4 is 10.5 Å². The van der Waals surface area contributed by atoms with Crippen LogP contribution in [0.4, 0.5) is 0 Å². The van der Waals surface area contributed by atoms with Crippen LogP contribution in [0, 0.1) is 0 Å². The third kappa shape index (κ3) is 3.51. The first-order valence-corrected chi connectivity index (χ1v) is 5.73. The summed E-state index contributed by atoms with van der Waals surface area (Å²) in [5.74, 6) is 1.22. The van der Waals surface area contributed by atoms with E-state index in [9.17, 15) is 5.11 Å². The number of methoxy groups -OCH3 is 1. The van der Waals surface area contributed by atoms with Gasteiger partial charge in [-0.25, -0.2) is 0 Å². The van der Waals surface area contributed by atoms with E-state index >= 15 is 0 Å². The lowest BCUT2D eigenvalue weighted by atomic mass is 9.91. The standard InChI is InChI=1S/C13H21NO2/c1-3-10(8-12(15)9-14)11-4-6-13(16-2)7-5-11/h4-7,10,12,15H,3,8-9,14H2,1-2H3. The van der Waals surface area contributed by atoms with E-state index in [1.807, 2.05) is 12.1 Å². The van der Waals surface area contributed by atoms with Crippen molar-refractivity contribution in [3.8, 4) is 5.75 Å². The highest BCUT2D eigenvalue weighted by Crippen LogP contribution is 2.26. The number of benzene rings is 1. The first-order chi connectivity index (χ1) is 7.71. The molecule has 2 unspecified atom stereocenters. The normalized spacial score (nSPS) is 14.5. The van der Waals surface area contributed by atoms with Crippen LogP contribution in [0.3, 0.4) is 0 Å². The molecule has 0 aromatic heterocycles. The second-order valence-corrected chi connectivity index (χ2v) is 4.00. The highest BCUT2D eigenvalue weighted by molar-refractivity contribution is 5.29. The van der Waals surface area contributed by atoms with Gasteiger partial charge in [0.15, 0.2) is 0 Å². The third-order valence-electron chi connectivity index (χ3n) is 2.91. The molecule has 0 aliphatic carbocycles. The SMILES string of the molecule is CCC(CC(O)CN)c1ccc(OC)cc1. The first-order valence-electron chi connectivity index (χ1n) is 5.73. The Kier molecular flexibility index (Phi) is 5.29. The lowest BCUT2D eigenvalue weighted by Crippen LogP contribution is -2.22. The maximum absolute atomic E-state index is 9.57. The van der Waals surface area contributed by atoms with Crippen LogP contribution >= 0.6 is 0 Å². The monoisotopic (exact) mass is 223 g/mol. The Hall–Kier alpha value is -1.06. The van der Waals surface area contributed by atoms with E-state index < -0.39 is 6.10 Å². The van der Waals surface area contributed by atoms with Gasteiger partial charge < -0.3 is 15.6 Å². The minimum atomic E-state index is -0.410. The van der Waals surface area contributed by atoms with Crippen molar-refractivity contribution < 1.29 is 9.84 Å². The number of aliphatic hydroxyl groups is 1. The van der Waals surface area contributed by atoms with E-state index in [-0.39, 0.29) is 0 Å². The van der Waals surface area contributed by atoms with Crippen molar-refractivity contribution >= 4 is 0 Å². The van der Waals surface area contributed by atoms with Crippen molar-refractivity contribution in [1.82, 2.24) is 0 Å². The summed E-state index contributed by atoms with van der Waals surface area (Å²) in [6.07, 6.45) is 1.31. The van der Waals surface area contributed by atoms with Crippen molar-refractivity contribution in [1.29, 1.82) is 0 Å². The molecule has 3 heteroatoms. The van der Waals surface area contributed by atoms with Gasteiger partial charge in [-0.3, -0.25) is 0 Å². The minimum Gasteiger partial charge on any atom is -0.497 e. The molecule has 0 saturated carbocycles. The summed E-state index contributed by atoms with van der Waals surface area (Å²) in [7, 11) is 1.66. The molecule has 0 amide bonds. The fourth-order valence-electron chi connectivity index (χ4n) is 1.84. The molecule has 0 radical (unpaired) electrons. The van der Waals surface area contributed by atoms with Gasteiger partial charge in [-0.2, -0.15) is 0 Å². The number of hydrogen-bond donors (Lipinski definition) is 2. The second kappa shape index (κ2) is 6.51. The Morgan fingerprint density at radius 3 is 2.38 bits per heavy atom. The lowest BCUT2D eigenvalue weighted by Gasteiger charge is -2.18. The van der Waals surface area contributed by atoms with Gasteiger partial charge in [-0.1, -0.05) is 19.1 Å². The summed E-state index contributed by atoms with van der Waals surface area (Å²) in [5, 5.41) is 9.57. The molecule has 0 spiro atoms. The summed E-state index contributed by atoms with van der Waals surface area (Å²) in [6, 6.07) is 8.01. The molecule has 0 aliphatic heterocycles. The van der Waals surface area contributed by atoms with Crippen molar-refractivity contribution in [2.45, 2.75) is 31.8 Å². The lowest BCUT2D eigenvalue weighted by molar-refractivity contribution is 0.162. The summed E-state index contributed by atoms with van der Waals surface area (Å²) in [6.45, 7) is 2.45. The molecule has 1 aromatic rings. The Morgan fingerprint density at radius 1 is 1.31 bits per heavy atom. The molecule has 2 atom stereocenters. The minimum absolute atomic E-state index is 0.326. The fraction of sp³-hybridized carbons (Fsp3) is 0.538. The van der Waals surface area contributed by atoms with Crippen LogP contribution in [-0.4, -0.2) is 24.9 Å². The van der Waals surface area contributed by atoms with Crippen LogP contribution in [0.1, 0.15) is 31.2 Å². The van der Waals surface area contributed by atoms with E-state index in [1.54, 1.807) is 7.11 Å². The number of rotatable bonds is 6. The van der Waals surface area contributed by atoms with Crippen LogP contribution in [0.25, 0.3) is 0 Å². The quantitative estimate of drug-likeness (QED) is 0.774. The van der Waals surface area contributed by atoms with E-state index in [2.05, 4.69) is 19.1 Å². The maximum atomic E-state index is 9.57. The zero-order valence-electron chi connectivity index (χ0n) is 10.0. The smallest absolute Gasteiger partial charge is 0.118 e. The highest BCUT2D eigenvalue weighted by atomic mass is 16.5. The zero-order valence-corrected chi connectivity index (χ0v) is 10.0. The van der Waals surface area contributed by atoms with Gasteiger partial charge in [0.1, 0.15) is 5.75 Å². The molecule has 0 aliphatic rings. The van der Waals surface area contributed by atoms with Crippen LogP contribution in [-0.2, 0) is 0 Å². The molecule has 3 nitrogen and oxygen atoms in total. The van der Waals surface area contributed by atoms with Gasteiger partial charge >= 0.3 is 0 Å². The van der Waals surface area contributed by atoms with Crippen LogP contribution in [0.5, 0.6) is 5.75 Å². The topological polar surface area (TPSA) is 55.5 Å². The van der Waals surface area contributed by atoms with Gasteiger partial charge in [0.05, 0.1) is 13.2 Å². The molecule has 0 saturated heterocycles. The Morgan fingerprint density at radius 2 is 1.94 bits per heavy atom. The number of ether oxygens (including phenoxy) is 1. The zero-order chi connectivity index (χ0) is 12.0. The third-order valence-corrected chi connectivity index (χ3v) is 2.91. The molecule has 0 heterocycles. The van der Waals surface area contributed by atoms with E-state index in [0.29, 0.717) is 12.5 Å². The highest BCUT2D eigenvalue weighted by Gasteiger charge is 2.13. The average Bonchev–Trinajstić information content (AvgIpc) is 2.35. The molecule has 1 rings (SSSR count). The summed E-state index contributed by atoms with van der Waals surface area (Å²) < 4.78 is 5.12. The summed E-state index contributed by atoms with van der Waals surface area (Å²) >= 11 is 0.